The Kier molecular flexibility index (Phi) is 3.30. The molecule has 0 spiro atoms. The van der Waals surface area contributed by atoms with Gasteiger partial charge >= 0.3 is 0 Å². The molecule has 0 N–H and O–H groups in total. The molecule has 0 aliphatic carbocycles. The van der Waals surface area contributed by atoms with Gasteiger partial charge in [-0.25, -0.2) is 15.0 Å². The van der Waals surface area contributed by atoms with Gasteiger partial charge in [0, 0.05) is 18.0 Å². The number of hydrogen-bond donors (Lipinski definition) is 0. The number of aromatic nitrogens is 2. The molecule has 93 valence electrons. The summed E-state index contributed by atoms with van der Waals surface area (Å²) < 4.78 is 0. The Morgan fingerprint density at radius 1 is 1.06 bits per heavy atom. The lowest BCUT2D eigenvalue weighted by Gasteiger charge is -2.28. The third-order valence-corrected chi connectivity index (χ3v) is 2.51. The first kappa shape index (κ1) is 12.5. The van der Waals surface area contributed by atoms with Crippen LogP contribution >= 0.6 is 0 Å². The first-order chi connectivity index (χ1) is 8.48. The minimum Gasteiger partial charge on any atom is -0.237 e. The molecule has 2 aromatic rings. The lowest BCUT2D eigenvalue weighted by Crippen LogP contribution is -2.37. The smallest absolute Gasteiger partial charge is 0.159 e. The van der Waals surface area contributed by atoms with Crippen molar-refractivity contribution in [1.82, 2.24) is 9.97 Å². The Labute approximate surface area is 107 Å². The number of benzene rings is 1. The van der Waals surface area contributed by atoms with Gasteiger partial charge < -0.3 is 0 Å². The van der Waals surface area contributed by atoms with Crippen LogP contribution in [0, 0.1) is 0 Å². The van der Waals surface area contributed by atoms with Crippen molar-refractivity contribution in [2.75, 3.05) is 5.06 Å². The zero-order chi connectivity index (χ0) is 13.2. The van der Waals surface area contributed by atoms with E-state index in [9.17, 15) is 5.21 Å². The predicted molar refractivity (Wildman–Crippen MR) is 70.4 cm³/mol. The van der Waals surface area contributed by atoms with Crippen LogP contribution in [0.3, 0.4) is 0 Å². The molecule has 1 heterocycles. The number of rotatable bonds is 2. The van der Waals surface area contributed by atoms with Crippen molar-refractivity contribution in [2.45, 2.75) is 26.3 Å². The highest BCUT2D eigenvalue weighted by atomic mass is 16.5. The molecule has 18 heavy (non-hydrogen) atoms. The molecule has 2 rings (SSSR count). The third kappa shape index (κ3) is 2.65. The van der Waals surface area contributed by atoms with Gasteiger partial charge in [0.1, 0.15) is 0 Å². The third-order valence-electron chi connectivity index (χ3n) is 2.51. The van der Waals surface area contributed by atoms with E-state index < -0.39 is 5.54 Å². The second kappa shape index (κ2) is 4.74. The SMILES string of the molecule is CC(C)(C)N([O])c1cccc(-c2ncccn2)c1. The summed E-state index contributed by atoms with van der Waals surface area (Å²) in [6.45, 7) is 5.64. The van der Waals surface area contributed by atoms with Crippen LogP contribution in [0.15, 0.2) is 42.7 Å². The highest BCUT2D eigenvalue weighted by Crippen LogP contribution is 2.25. The zero-order valence-corrected chi connectivity index (χ0v) is 10.8. The summed E-state index contributed by atoms with van der Waals surface area (Å²) in [5.74, 6) is 0.627. The van der Waals surface area contributed by atoms with E-state index in [1.54, 1.807) is 24.5 Å². The van der Waals surface area contributed by atoms with Crippen molar-refractivity contribution in [3.63, 3.8) is 0 Å². The Hall–Kier alpha value is -1.94. The van der Waals surface area contributed by atoms with Gasteiger partial charge in [-0.2, -0.15) is 0 Å². The molecule has 0 saturated carbocycles. The summed E-state index contributed by atoms with van der Waals surface area (Å²) in [5, 5.41) is 13.1. The number of anilines is 1. The van der Waals surface area contributed by atoms with E-state index in [0.29, 0.717) is 11.5 Å². The molecule has 4 nitrogen and oxygen atoms in total. The Morgan fingerprint density at radius 3 is 2.33 bits per heavy atom. The quantitative estimate of drug-likeness (QED) is 0.760. The van der Waals surface area contributed by atoms with Gasteiger partial charge in [-0.1, -0.05) is 17.3 Å². The minimum atomic E-state index is -0.462. The van der Waals surface area contributed by atoms with E-state index in [-0.39, 0.29) is 0 Å². The predicted octanol–water partition coefficient (Wildman–Crippen LogP) is 3.09. The second-order valence-electron chi connectivity index (χ2n) is 5.09. The second-order valence-corrected chi connectivity index (χ2v) is 5.09. The highest BCUT2D eigenvalue weighted by Gasteiger charge is 2.21. The van der Waals surface area contributed by atoms with E-state index in [1.165, 1.54) is 0 Å². The summed E-state index contributed by atoms with van der Waals surface area (Å²) in [7, 11) is 0. The van der Waals surface area contributed by atoms with Gasteiger partial charge in [-0.15, -0.1) is 0 Å². The van der Waals surface area contributed by atoms with E-state index in [4.69, 9.17) is 0 Å². The molecule has 0 unspecified atom stereocenters. The first-order valence-corrected chi connectivity index (χ1v) is 5.83. The first-order valence-electron chi connectivity index (χ1n) is 5.83. The summed E-state index contributed by atoms with van der Waals surface area (Å²) >= 11 is 0. The molecule has 4 heteroatoms. The zero-order valence-electron chi connectivity index (χ0n) is 10.8. The maximum Gasteiger partial charge on any atom is 0.159 e. The molecule has 0 aliphatic heterocycles. The van der Waals surface area contributed by atoms with Crippen LogP contribution in [0.5, 0.6) is 0 Å². The van der Waals surface area contributed by atoms with Crippen molar-refractivity contribution in [3.8, 4) is 11.4 Å². The molecule has 1 radical (unpaired) electrons. The topological polar surface area (TPSA) is 48.9 Å². The number of nitrogens with zero attached hydrogens (tertiary/aromatic N) is 3. The van der Waals surface area contributed by atoms with Crippen LogP contribution in [-0.4, -0.2) is 15.5 Å². The molecule has 0 aliphatic rings. The minimum absolute atomic E-state index is 0.462. The molecular formula is C14H16N3O. The Balaban J connectivity index is 2.37. The molecule has 0 fully saturated rings. The van der Waals surface area contributed by atoms with Crippen LogP contribution in [0.2, 0.25) is 0 Å². The normalized spacial score (nSPS) is 11.3. The lowest BCUT2D eigenvalue weighted by atomic mass is 10.1. The van der Waals surface area contributed by atoms with Crippen molar-refractivity contribution >= 4 is 5.69 Å². The summed E-state index contributed by atoms with van der Waals surface area (Å²) in [4.78, 5) is 8.36. The number of hydroxylamine groups is 1. The van der Waals surface area contributed by atoms with Crippen LogP contribution in [0.1, 0.15) is 20.8 Å². The maximum atomic E-state index is 12.1. The summed E-state index contributed by atoms with van der Waals surface area (Å²) in [5.41, 5.74) is 1.00. The van der Waals surface area contributed by atoms with Gasteiger partial charge in [-0.3, -0.25) is 0 Å². The van der Waals surface area contributed by atoms with Gasteiger partial charge in [-0.05, 0) is 39.0 Å². The van der Waals surface area contributed by atoms with E-state index in [1.807, 2.05) is 39.0 Å². The molecule has 0 atom stereocenters. The molecule has 0 bridgehead atoms. The monoisotopic (exact) mass is 242 g/mol. The van der Waals surface area contributed by atoms with Crippen molar-refractivity contribution in [1.29, 1.82) is 0 Å². The van der Waals surface area contributed by atoms with Gasteiger partial charge in [0.25, 0.3) is 0 Å². The molecule has 0 amide bonds. The molecular weight excluding hydrogens is 226 g/mol. The van der Waals surface area contributed by atoms with Gasteiger partial charge in [0.15, 0.2) is 5.82 Å². The van der Waals surface area contributed by atoms with E-state index >= 15 is 0 Å². The van der Waals surface area contributed by atoms with Crippen LogP contribution in [0.4, 0.5) is 5.69 Å². The fourth-order valence-electron chi connectivity index (χ4n) is 1.61. The lowest BCUT2D eigenvalue weighted by molar-refractivity contribution is 0.102. The summed E-state index contributed by atoms with van der Waals surface area (Å²) in [6.07, 6.45) is 3.38. The van der Waals surface area contributed by atoms with Crippen LogP contribution in [0.25, 0.3) is 11.4 Å². The fraction of sp³-hybridized carbons (Fsp3) is 0.286. The van der Waals surface area contributed by atoms with E-state index in [0.717, 1.165) is 10.6 Å². The molecule has 1 aromatic heterocycles. The van der Waals surface area contributed by atoms with Crippen molar-refractivity contribution in [2.24, 2.45) is 0 Å². The largest absolute Gasteiger partial charge is 0.237 e. The van der Waals surface area contributed by atoms with Gasteiger partial charge in [0.05, 0.1) is 11.2 Å². The van der Waals surface area contributed by atoms with E-state index in [2.05, 4.69) is 9.97 Å². The fourth-order valence-corrected chi connectivity index (χ4v) is 1.61. The Bertz CT molecular complexity index is 520. The number of hydrogen-bond acceptors (Lipinski definition) is 3. The van der Waals surface area contributed by atoms with Crippen molar-refractivity contribution in [3.05, 3.63) is 42.7 Å². The average Bonchev–Trinajstić information content (AvgIpc) is 2.38. The Morgan fingerprint density at radius 2 is 1.72 bits per heavy atom. The van der Waals surface area contributed by atoms with Crippen molar-refractivity contribution < 1.29 is 5.21 Å². The summed E-state index contributed by atoms with van der Waals surface area (Å²) in [6, 6.07) is 9.12. The van der Waals surface area contributed by atoms with Crippen LogP contribution in [-0.2, 0) is 5.21 Å². The van der Waals surface area contributed by atoms with Gasteiger partial charge in [0.2, 0.25) is 0 Å². The molecule has 0 saturated heterocycles. The standard InChI is InChI=1S/C14H16N3O/c1-14(2,3)17(18)12-7-4-6-11(10-12)13-15-8-5-9-16-13/h4-10H,1-3H3. The highest BCUT2D eigenvalue weighted by molar-refractivity contribution is 5.62. The average molecular weight is 242 g/mol. The van der Waals surface area contributed by atoms with Crippen LogP contribution < -0.4 is 5.06 Å². The molecule has 1 aromatic carbocycles. The maximum absolute atomic E-state index is 12.1.